The Balaban J connectivity index is 2.83. The number of methoxy groups -OCH3 is 2. The summed E-state index contributed by atoms with van der Waals surface area (Å²) in [5.74, 6) is 1.91. The average molecular weight is 343 g/mol. The largest absolute Gasteiger partial charge is 0.493 e. The van der Waals surface area contributed by atoms with Gasteiger partial charge in [0.1, 0.15) is 0 Å². The van der Waals surface area contributed by atoms with Crippen molar-refractivity contribution in [3.05, 3.63) is 18.2 Å². The van der Waals surface area contributed by atoms with Gasteiger partial charge in [0, 0.05) is 24.1 Å². The van der Waals surface area contributed by atoms with Crippen LogP contribution in [-0.2, 0) is 9.84 Å². The first kappa shape index (κ1) is 19.1. The molecule has 8 heteroatoms. The summed E-state index contributed by atoms with van der Waals surface area (Å²) in [6, 6.07) is 5.40. The Morgan fingerprint density at radius 2 is 1.87 bits per heavy atom. The van der Waals surface area contributed by atoms with Gasteiger partial charge in [-0.05, 0) is 19.1 Å². The number of hydrogen-bond donors (Lipinski definition) is 2. The van der Waals surface area contributed by atoms with Crippen LogP contribution in [0.4, 0.5) is 5.69 Å². The smallest absolute Gasteiger partial charge is 0.195 e. The predicted octanol–water partition coefficient (Wildman–Crippen LogP) is 1.52. The number of hydrogen-bond acceptors (Lipinski definition) is 5. The van der Waals surface area contributed by atoms with Crippen LogP contribution < -0.4 is 20.1 Å². The minimum absolute atomic E-state index is 0.0337. The number of rotatable bonds is 8. The van der Waals surface area contributed by atoms with Crippen molar-refractivity contribution < 1.29 is 17.9 Å². The molecule has 1 rings (SSSR count). The fourth-order valence-electron chi connectivity index (χ4n) is 1.80. The molecule has 0 saturated carbocycles. The lowest BCUT2D eigenvalue weighted by atomic mass is 10.3. The van der Waals surface area contributed by atoms with E-state index < -0.39 is 9.84 Å². The molecule has 0 aliphatic rings. The van der Waals surface area contributed by atoms with Gasteiger partial charge in [0.25, 0.3) is 0 Å². The first-order valence-electron chi connectivity index (χ1n) is 7.43. The van der Waals surface area contributed by atoms with Crippen molar-refractivity contribution in [1.82, 2.24) is 5.32 Å². The number of aliphatic imine (C=N–C) groups is 1. The maximum Gasteiger partial charge on any atom is 0.195 e. The Hall–Kier alpha value is -1.96. The predicted molar refractivity (Wildman–Crippen MR) is 93.5 cm³/mol. The van der Waals surface area contributed by atoms with E-state index in [1.54, 1.807) is 33.3 Å². The molecule has 0 atom stereocenters. The molecule has 2 N–H and O–H groups in total. The molecule has 0 amide bonds. The van der Waals surface area contributed by atoms with Crippen molar-refractivity contribution in [1.29, 1.82) is 0 Å². The molecule has 1 aromatic rings. The molecule has 1 aromatic carbocycles. The van der Waals surface area contributed by atoms with E-state index in [9.17, 15) is 8.42 Å². The third kappa shape index (κ3) is 6.35. The average Bonchev–Trinajstić information content (AvgIpc) is 2.54. The van der Waals surface area contributed by atoms with E-state index in [1.165, 1.54) is 0 Å². The molecule has 7 nitrogen and oxygen atoms in total. The fraction of sp³-hybridized carbons (Fsp3) is 0.533. The van der Waals surface area contributed by atoms with Gasteiger partial charge in [-0.15, -0.1) is 0 Å². The zero-order valence-corrected chi connectivity index (χ0v) is 14.9. The van der Waals surface area contributed by atoms with Gasteiger partial charge in [-0.25, -0.2) is 8.42 Å². The van der Waals surface area contributed by atoms with E-state index >= 15 is 0 Å². The molecular formula is C15H25N3O4S. The fourth-order valence-corrected chi connectivity index (χ4v) is 2.46. The molecule has 0 unspecified atom stereocenters. The SMILES string of the molecule is CCNC(=NCCS(=O)(=O)CC)Nc1ccc(OC)c(OC)c1. The van der Waals surface area contributed by atoms with Gasteiger partial charge in [0.15, 0.2) is 27.3 Å². The van der Waals surface area contributed by atoms with Crippen LogP contribution in [0.25, 0.3) is 0 Å². The number of anilines is 1. The third-order valence-corrected chi connectivity index (χ3v) is 4.79. The van der Waals surface area contributed by atoms with Crippen molar-refractivity contribution in [3.8, 4) is 11.5 Å². The van der Waals surface area contributed by atoms with Crippen molar-refractivity contribution in [2.75, 3.05) is 44.1 Å². The number of benzene rings is 1. The second kappa shape index (κ2) is 9.24. The summed E-state index contributed by atoms with van der Waals surface area (Å²) in [5, 5.41) is 6.19. The summed E-state index contributed by atoms with van der Waals surface area (Å²) >= 11 is 0. The van der Waals surface area contributed by atoms with Gasteiger partial charge in [-0.2, -0.15) is 0 Å². The summed E-state index contributed by atoms with van der Waals surface area (Å²) in [6.45, 7) is 4.44. The van der Waals surface area contributed by atoms with Crippen LogP contribution in [0, 0.1) is 0 Å². The Labute approximate surface area is 138 Å². The first-order valence-corrected chi connectivity index (χ1v) is 9.25. The standard InChI is InChI=1S/C15H25N3O4S/c1-5-16-15(17-9-10-23(19,20)6-2)18-12-7-8-13(21-3)14(11-12)22-4/h7-8,11H,5-6,9-10H2,1-4H3,(H2,16,17,18). The van der Waals surface area contributed by atoms with Gasteiger partial charge >= 0.3 is 0 Å². The monoisotopic (exact) mass is 343 g/mol. The Morgan fingerprint density at radius 1 is 1.17 bits per heavy atom. The van der Waals surface area contributed by atoms with Gasteiger partial charge in [-0.1, -0.05) is 6.92 Å². The second-order valence-electron chi connectivity index (χ2n) is 4.69. The van der Waals surface area contributed by atoms with Crippen LogP contribution >= 0.6 is 0 Å². The number of sulfone groups is 1. The topological polar surface area (TPSA) is 89.0 Å². The highest BCUT2D eigenvalue weighted by Crippen LogP contribution is 2.29. The molecule has 0 aliphatic carbocycles. The van der Waals surface area contributed by atoms with E-state index in [0.29, 0.717) is 24.0 Å². The zero-order valence-electron chi connectivity index (χ0n) is 14.0. The number of guanidine groups is 1. The minimum Gasteiger partial charge on any atom is -0.493 e. The summed E-state index contributed by atoms with van der Waals surface area (Å²) in [5.41, 5.74) is 0.765. The molecular weight excluding hydrogens is 318 g/mol. The normalized spacial score (nSPS) is 11.9. The lowest BCUT2D eigenvalue weighted by Crippen LogP contribution is -2.31. The summed E-state index contributed by atoms with van der Waals surface area (Å²) < 4.78 is 33.5. The number of nitrogens with zero attached hydrogens (tertiary/aromatic N) is 1. The maximum absolute atomic E-state index is 11.5. The third-order valence-electron chi connectivity index (χ3n) is 3.10. The van der Waals surface area contributed by atoms with E-state index in [-0.39, 0.29) is 18.1 Å². The van der Waals surface area contributed by atoms with Crippen LogP contribution in [0.3, 0.4) is 0 Å². The van der Waals surface area contributed by atoms with Gasteiger partial charge in [0.05, 0.1) is 26.5 Å². The highest BCUT2D eigenvalue weighted by atomic mass is 32.2. The number of ether oxygens (including phenoxy) is 2. The Morgan fingerprint density at radius 3 is 2.43 bits per heavy atom. The maximum atomic E-state index is 11.5. The number of nitrogens with one attached hydrogen (secondary N) is 2. The first-order chi connectivity index (χ1) is 11.0. The molecule has 0 saturated heterocycles. The molecule has 0 aromatic heterocycles. The van der Waals surface area contributed by atoms with Crippen LogP contribution in [0.2, 0.25) is 0 Å². The lowest BCUT2D eigenvalue weighted by Gasteiger charge is -2.13. The van der Waals surface area contributed by atoms with Crippen molar-refractivity contribution in [3.63, 3.8) is 0 Å². The van der Waals surface area contributed by atoms with Gasteiger partial charge < -0.3 is 20.1 Å². The van der Waals surface area contributed by atoms with E-state index in [1.807, 2.05) is 13.0 Å². The molecule has 0 fully saturated rings. The Bertz CT molecular complexity index is 630. The molecule has 0 bridgehead atoms. The lowest BCUT2D eigenvalue weighted by molar-refractivity contribution is 0.355. The van der Waals surface area contributed by atoms with Gasteiger partial charge in [-0.3, -0.25) is 4.99 Å². The van der Waals surface area contributed by atoms with E-state index in [2.05, 4.69) is 15.6 Å². The quantitative estimate of drug-likeness (QED) is 0.549. The van der Waals surface area contributed by atoms with E-state index in [4.69, 9.17) is 9.47 Å². The summed E-state index contributed by atoms with van der Waals surface area (Å²) in [7, 11) is 0.118. The molecule has 0 radical (unpaired) electrons. The van der Waals surface area contributed by atoms with Crippen LogP contribution in [0.5, 0.6) is 11.5 Å². The Kier molecular flexibility index (Phi) is 7.67. The van der Waals surface area contributed by atoms with Gasteiger partial charge in [0.2, 0.25) is 0 Å². The molecule has 0 heterocycles. The summed E-state index contributed by atoms with van der Waals surface area (Å²) in [4.78, 5) is 4.28. The van der Waals surface area contributed by atoms with Crippen molar-refractivity contribution in [2.24, 2.45) is 4.99 Å². The highest BCUT2D eigenvalue weighted by Gasteiger charge is 2.08. The van der Waals surface area contributed by atoms with Crippen molar-refractivity contribution >= 4 is 21.5 Å². The molecule has 0 aliphatic heterocycles. The molecule has 23 heavy (non-hydrogen) atoms. The highest BCUT2D eigenvalue weighted by molar-refractivity contribution is 7.91. The van der Waals surface area contributed by atoms with Crippen molar-refractivity contribution in [2.45, 2.75) is 13.8 Å². The second-order valence-corrected chi connectivity index (χ2v) is 7.16. The summed E-state index contributed by atoms with van der Waals surface area (Å²) in [6.07, 6.45) is 0. The molecule has 130 valence electrons. The van der Waals surface area contributed by atoms with E-state index in [0.717, 1.165) is 5.69 Å². The van der Waals surface area contributed by atoms with Crippen LogP contribution in [0.1, 0.15) is 13.8 Å². The zero-order chi connectivity index (χ0) is 17.3. The molecule has 0 spiro atoms. The minimum atomic E-state index is -3.02. The van der Waals surface area contributed by atoms with Crippen LogP contribution in [0.15, 0.2) is 23.2 Å². The van der Waals surface area contributed by atoms with Crippen LogP contribution in [-0.4, -0.2) is 53.2 Å².